The molecular weight excluding hydrogens is 439 g/mol. The molecule has 32 heavy (non-hydrogen) atoms. The average Bonchev–Trinajstić information content (AvgIpc) is 3.35. The highest BCUT2D eigenvalue weighted by atomic mass is 19.4. The van der Waals surface area contributed by atoms with E-state index in [1.807, 2.05) is 0 Å². The number of alkyl carbamates (subject to hydrolysis) is 1. The van der Waals surface area contributed by atoms with E-state index in [0.29, 0.717) is 12.5 Å². The molecule has 0 aromatic carbocycles. The van der Waals surface area contributed by atoms with Crippen LogP contribution in [0.3, 0.4) is 0 Å². The van der Waals surface area contributed by atoms with Crippen LogP contribution >= 0.6 is 0 Å². The predicted octanol–water partition coefficient (Wildman–Crippen LogP) is 0.906. The standard InChI is InChI=1S/C17H20F3N7O5/c1-27-15(24-25-26-27)23-14(28)9-3-4-13(17(18,19)20)22-10(9)8-31-11(5-6-30-2)12-7-21-16(29)32-12/h3-4,11-12H,5-8H2,1-2H3,(H,21,29)(H,23,24,26,28). The number of carbonyl (C=O) groups excluding carboxylic acids is 2. The van der Waals surface area contributed by atoms with E-state index in [2.05, 4.69) is 31.1 Å². The van der Waals surface area contributed by atoms with Crippen LogP contribution in [0.5, 0.6) is 0 Å². The number of ether oxygens (including phenoxy) is 3. The van der Waals surface area contributed by atoms with Gasteiger partial charge in [0.2, 0.25) is 5.95 Å². The van der Waals surface area contributed by atoms with Crippen molar-refractivity contribution in [2.45, 2.75) is 31.4 Å². The smallest absolute Gasteiger partial charge is 0.433 e. The highest BCUT2D eigenvalue weighted by molar-refractivity contribution is 6.04. The van der Waals surface area contributed by atoms with Crippen LogP contribution in [0.1, 0.15) is 28.2 Å². The van der Waals surface area contributed by atoms with Gasteiger partial charge in [0.15, 0.2) is 0 Å². The number of amides is 2. The second-order valence-electron chi connectivity index (χ2n) is 6.72. The zero-order valence-electron chi connectivity index (χ0n) is 17.0. The summed E-state index contributed by atoms with van der Waals surface area (Å²) in [5.74, 6) is -0.784. The van der Waals surface area contributed by atoms with Crippen LogP contribution in [0.2, 0.25) is 0 Å². The molecule has 0 spiro atoms. The Hall–Kier alpha value is -3.33. The van der Waals surface area contributed by atoms with Gasteiger partial charge >= 0.3 is 12.3 Å². The third kappa shape index (κ3) is 5.67. The molecule has 2 N–H and O–H groups in total. The summed E-state index contributed by atoms with van der Waals surface area (Å²) >= 11 is 0. The zero-order chi connectivity index (χ0) is 23.3. The van der Waals surface area contributed by atoms with Gasteiger partial charge < -0.3 is 19.5 Å². The predicted molar refractivity (Wildman–Crippen MR) is 99.3 cm³/mol. The van der Waals surface area contributed by atoms with Crippen LogP contribution in [0.25, 0.3) is 0 Å². The number of nitrogens with zero attached hydrogens (tertiary/aromatic N) is 5. The molecule has 3 heterocycles. The zero-order valence-corrected chi connectivity index (χ0v) is 17.0. The molecule has 3 rings (SSSR count). The minimum atomic E-state index is -4.72. The lowest BCUT2D eigenvalue weighted by molar-refractivity contribution is -0.141. The Labute approximate surface area is 179 Å². The van der Waals surface area contributed by atoms with E-state index in [4.69, 9.17) is 14.2 Å². The number of rotatable bonds is 9. The monoisotopic (exact) mass is 459 g/mol. The molecule has 1 aliphatic rings. The molecule has 12 nitrogen and oxygen atoms in total. The van der Waals surface area contributed by atoms with Crippen molar-refractivity contribution in [2.75, 3.05) is 25.6 Å². The number of carbonyl (C=O) groups is 2. The van der Waals surface area contributed by atoms with Gasteiger partial charge in [-0.25, -0.2) is 14.5 Å². The summed E-state index contributed by atoms with van der Waals surface area (Å²) in [5.41, 5.74) is -1.60. The number of pyridine rings is 1. The van der Waals surface area contributed by atoms with Gasteiger partial charge in [0, 0.05) is 27.2 Å². The lowest BCUT2D eigenvalue weighted by Gasteiger charge is -2.22. The summed E-state index contributed by atoms with van der Waals surface area (Å²) < 4.78 is 56.6. The molecule has 2 atom stereocenters. The number of alkyl halides is 3. The van der Waals surface area contributed by atoms with Crippen LogP contribution in [0.15, 0.2) is 12.1 Å². The highest BCUT2D eigenvalue weighted by Crippen LogP contribution is 2.29. The van der Waals surface area contributed by atoms with E-state index in [-0.39, 0.29) is 30.4 Å². The molecule has 174 valence electrons. The van der Waals surface area contributed by atoms with Crippen molar-refractivity contribution in [1.82, 2.24) is 30.5 Å². The Morgan fingerprint density at radius 3 is 2.81 bits per heavy atom. The molecule has 2 aromatic rings. The molecule has 1 aliphatic heterocycles. The summed E-state index contributed by atoms with van der Waals surface area (Å²) in [4.78, 5) is 27.6. The van der Waals surface area contributed by atoms with Gasteiger partial charge in [-0.05, 0) is 22.6 Å². The summed E-state index contributed by atoms with van der Waals surface area (Å²) in [6.45, 7) is -0.0385. The molecule has 1 saturated heterocycles. The quantitative estimate of drug-likeness (QED) is 0.559. The van der Waals surface area contributed by atoms with Crippen molar-refractivity contribution in [3.05, 3.63) is 29.1 Å². The van der Waals surface area contributed by atoms with Crippen LogP contribution in [0.4, 0.5) is 23.9 Å². The number of methoxy groups -OCH3 is 1. The normalized spacial score (nSPS) is 17.0. The average molecular weight is 459 g/mol. The molecule has 2 amide bonds. The summed E-state index contributed by atoms with van der Waals surface area (Å²) in [6, 6.07) is 1.69. The van der Waals surface area contributed by atoms with Crippen molar-refractivity contribution < 1.29 is 37.0 Å². The van der Waals surface area contributed by atoms with Crippen molar-refractivity contribution in [2.24, 2.45) is 7.05 Å². The minimum Gasteiger partial charge on any atom is -0.442 e. The Kier molecular flexibility index (Phi) is 7.19. The molecule has 0 aliphatic carbocycles. The van der Waals surface area contributed by atoms with Gasteiger partial charge in [-0.2, -0.15) is 13.2 Å². The summed E-state index contributed by atoms with van der Waals surface area (Å²) in [6.07, 6.45) is -6.44. The molecule has 0 radical (unpaired) electrons. The Morgan fingerprint density at radius 1 is 1.44 bits per heavy atom. The molecule has 0 bridgehead atoms. The van der Waals surface area contributed by atoms with E-state index in [1.165, 1.54) is 18.8 Å². The highest BCUT2D eigenvalue weighted by Gasteiger charge is 2.35. The third-order valence-corrected chi connectivity index (χ3v) is 4.52. The van der Waals surface area contributed by atoms with E-state index < -0.39 is 42.7 Å². The van der Waals surface area contributed by atoms with E-state index in [9.17, 15) is 22.8 Å². The molecular formula is C17H20F3N7O5. The first-order valence-electron chi connectivity index (χ1n) is 9.35. The lowest BCUT2D eigenvalue weighted by atomic mass is 10.1. The molecule has 2 unspecified atom stereocenters. The summed E-state index contributed by atoms with van der Waals surface area (Å²) in [7, 11) is 2.94. The molecule has 2 aromatic heterocycles. The van der Waals surface area contributed by atoms with Crippen molar-refractivity contribution in [3.63, 3.8) is 0 Å². The van der Waals surface area contributed by atoms with Crippen LogP contribution < -0.4 is 10.6 Å². The van der Waals surface area contributed by atoms with E-state index in [1.54, 1.807) is 0 Å². The van der Waals surface area contributed by atoms with Crippen LogP contribution in [0, 0.1) is 0 Å². The van der Waals surface area contributed by atoms with E-state index in [0.717, 1.165) is 6.07 Å². The lowest BCUT2D eigenvalue weighted by Crippen LogP contribution is -2.33. The molecule has 0 saturated carbocycles. The fraction of sp³-hybridized carbons (Fsp3) is 0.529. The number of hydrogen-bond donors (Lipinski definition) is 2. The molecule has 1 fully saturated rings. The first kappa shape index (κ1) is 23.3. The number of aromatic nitrogens is 5. The van der Waals surface area contributed by atoms with Gasteiger partial charge in [0.1, 0.15) is 11.8 Å². The second kappa shape index (κ2) is 9.86. The number of tetrazole rings is 1. The first-order valence-corrected chi connectivity index (χ1v) is 9.35. The van der Waals surface area contributed by atoms with Gasteiger partial charge in [0.05, 0.1) is 30.5 Å². The fourth-order valence-corrected chi connectivity index (χ4v) is 2.89. The van der Waals surface area contributed by atoms with Gasteiger partial charge in [0.25, 0.3) is 5.91 Å². The summed E-state index contributed by atoms with van der Waals surface area (Å²) in [5, 5.41) is 15.4. The number of aryl methyl sites for hydroxylation is 1. The minimum absolute atomic E-state index is 0.0105. The second-order valence-corrected chi connectivity index (χ2v) is 6.72. The van der Waals surface area contributed by atoms with Gasteiger partial charge in [-0.3, -0.25) is 10.1 Å². The number of anilines is 1. The van der Waals surface area contributed by atoms with E-state index >= 15 is 0 Å². The van der Waals surface area contributed by atoms with Crippen molar-refractivity contribution in [3.8, 4) is 0 Å². The largest absolute Gasteiger partial charge is 0.442 e. The van der Waals surface area contributed by atoms with Crippen LogP contribution in [-0.2, 0) is 34.0 Å². The van der Waals surface area contributed by atoms with Gasteiger partial charge in [-0.15, -0.1) is 0 Å². The van der Waals surface area contributed by atoms with Crippen LogP contribution in [-0.4, -0.2) is 69.7 Å². The Bertz CT molecular complexity index is 968. The topological polar surface area (TPSA) is 142 Å². The molecule has 15 heteroatoms. The fourth-order valence-electron chi connectivity index (χ4n) is 2.89. The van der Waals surface area contributed by atoms with Gasteiger partial charge in [-0.1, -0.05) is 5.10 Å². The Morgan fingerprint density at radius 2 is 2.22 bits per heavy atom. The number of cyclic esters (lactones) is 1. The van der Waals surface area contributed by atoms with Crippen molar-refractivity contribution >= 4 is 17.9 Å². The maximum atomic E-state index is 13.2. The maximum Gasteiger partial charge on any atom is 0.433 e. The Balaban J connectivity index is 1.83. The number of nitrogens with one attached hydrogen (secondary N) is 2. The SMILES string of the molecule is COCCC(OCc1nc(C(F)(F)F)ccc1C(=O)Nc1nnnn1C)C1CNC(=O)O1. The van der Waals surface area contributed by atoms with Crippen molar-refractivity contribution in [1.29, 1.82) is 0 Å². The first-order chi connectivity index (χ1) is 15.2. The number of hydrogen-bond acceptors (Lipinski definition) is 9. The number of halogens is 3. The third-order valence-electron chi connectivity index (χ3n) is 4.52. The maximum absolute atomic E-state index is 13.2.